The van der Waals surface area contributed by atoms with Crippen molar-refractivity contribution in [1.82, 2.24) is 0 Å². The number of carbonyl (C=O) groups excluding carboxylic acids is 1. The zero-order valence-corrected chi connectivity index (χ0v) is 20.5. The van der Waals surface area contributed by atoms with E-state index in [-0.39, 0.29) is 29.5 Å². The van der Waals surface area contributed by atoms with Crippen LogP contribution in [0.25, 0.3) is 11.0 Å². The zero-order valence-electron chi connectivity index (χ0n) is 19.8. The number of hydrogen-bond donors (Lipinski definition) is 0. The number of anilines is 1. The topological polar surface area (TPSA) is 78.2 Å². The van der Waals surface area contributed by atoms with Crippen molar-refractivity contribution >= 4 is 34.4 Å². The van der Waals surface area contributed by atoms with Crippen LogP contribution in [-0.2, 0) is 20.7 Å². The van der Waals surface area contributed by atoms with Gasteiger partial charge in [0.1, 0.15) is 12.4 Å². The van der Waals surface area contributed by atoms with Gasteiger partial charge in [0, 0.05) is 12.6 Å². The number of para-hydroxylation sites is 1. The fourth-order valence-electron chi connectivity index (χ4n) is 4.91. The van der Waals surface area contributed by atoms with Crippen molar-refractivity contribution in [2.45, 2.75) is 38.3 Å². The molecule has 0 spiro atoms. The van der Waals surface area contributed by atoms with Gasteiger partial charge in [0.2, 0.25) is 5.88 Å². The molecular weight excluding hydrogens is 470 g/mol. The summed E-state index contributed by atoms with van der Waals surface area (Å²) in [6.45, 7) is 3.73. The van der Waals surface area contributed by atoms with Crippen LogP contribution in [0.1, 0.15) is 36.9 Å². The number of carbonyl (C=O) groups is 1. The highest BCUT2D eigenvalue weighted by Crippen LogP contribution is 2.36. The summed E-state index contributed by atoms with van der Waals surface area (Å²) in [7, 11) is 1.42. The molecule has 7 nitrogen and oxygen atoms in total. The van der Waals surface area contributed by atoms with Gasteiger partial charge < -0.3 is 23.5 Å². The first-order valence-electron chi connectivity index (χ1n) is 11.9. The quantitative estimate of drug-likeness (QED) is 0.338. The molecule has 2 aromatic carbocycles. The van der Waals surface area contributed by atoms with Crippen molar-refractivity contribution in [1.29, 1.82) is 0 Å². The summed E-state index contributed by atoms with van der Waals surface area (Å²) in [5, 5.41) is 0.913. The number of ether oxygens (including phenoxy) is 3. The Kier molecular flexibility index (Phi) is 6.71. The standard InChI is InChI=1S/C27H28ClNO6/c1-16-21-7-6-19(33-10-11-34-20-13-18(14-20)27(31)32-2)12-17(21)8-9-29(16)25-15-24(30)22-4-3-5-23(28)26(22)35-25/h3-7,12,15-16,18,20H,8-11,13-14H2,1-2H3. The van der Waals surface area contributed by atoms with Gasteiger partial charge in [0.15, 0.2) is 11.0 Å². The molecule has 1 atom stereocenters. The van der Waals surface area contributed by atoms with Crippen molar-refractivity contribution in [3.8, 4) is 5.75 Å². The van der Waals surface area contributed by atoms with Crippen molar-refractivity contribution in [2.75, 3.05) is 31.8 Å². The van der Waals surface area contributed by atoms with Gasteiger partial charge in [-0.2, -0.15) is 0 Å². The SMILES string of the molecule is COC(=O)C1CC(OCCOc2ccc3c(c2)CCN(c2cc(=O)c4cccc(Cl)c4o2)C3C)C1. The molecule has 0 amide bonds. The second-order valence-electron chi connectivity index (χ2n) is 9.08. The van der Waals surface area contributed by atoms with E-state index in [2.05, 4.69) is 24.0 Å². The molecule has 1 aliphatic heterocycles. The van der Waals surface area contributed by atoms with E-state index in [9.17, 15) is 9.59 Å². The molecule has 1 saturated carbocycles. The van der Waals surface area contributed by atoms with Gasteiger partial charge in [0.05, 0.1) is 42.2 Å². The molecule has 2 aliphatic rings. The number of benzene rings is 2. The summed E-state index contributed by atoms with van der Waals surface area (Å²) in [5.41, 5.74) is 2.71. The molecule has 1 fully saturated rings. The Bertz CT molecular complexity index is 1300. The Morgan fingerprint density at radius 3 is 2.80 bits per heavy atom. The molecule has 2 heterocycles. The fourth-order valence-corrected chi connectivity index (χ4v) is 5.12. The lowest BCUT2D eigenvalue weighted by Crippen LogP contribution is -2.37. The monoisotopic (exact) mass is 497 g/mol. The normalized spacial score (nSPS) is 21.3. The highest BCUT2D eigenvalue weighted by atomic mass is 35.5. The maximum absolute atomic E-state index is 12.6. The van der Waals surface area contributed by atoms with E-state index in [1.165, 1.54) is 18.2 Å². The van der Waals surface area contributed by atoms with Crippen LogP contribution < -0.4 is 15.1 Å². The molecule has 0 saturated heterocycles. The molecule has 0 bridgehead atoms. The van der Waals surface area contributed by atoms with Crippen LogP contribution in [0.15, 0.2) is 51.7 Å². The Hall–Kier alpha value is -3.03. The number of halogens is 1. The molecule has 1 aromatic heterocycles. The number of rotatable bonds is 7. The summed E-state index contributed by atoms with van der Waals surface area (Å²) in [6, 6.07) is 12.9. The van der Waals surface area contributed by atoms with E-state index >= 15 is 0 Å². The molecular formula is C27H28ClNO6. The van der Waals surface area contributed by atoms with Crippen LogP contribution in [0.2, 0.25) is 5.02 Å². The summed E-state index contributed by atoms with van der Waals surface area (Å²) in [5.74, 6) is 1.14. The maximum Gasteiger partial charge on any atom is 0.308 e. The first-order chi connectivity index (χ1) is 16.9. The molecule has 0 radical (unpaired) electrons. The van der Waals surface area contributed by atoms with Crippen LogP contribution in [0.3, 0.4) is 0 Å². The number of esters is 1. The van der Waals surface area contributed by atoms with E-state index in [4.69, 9.17) is 30.2 Å². The average molecular weight is 498 g/mol. The Morgan fingerprint density at radius 2 is 2.00 bits per heavy atom. The van der Waals surface area contributed by atoms with Crippen LogP contribution in [-0.4, -0.2) is 38.9 Å². The predicted molar refractivity (Wildman–Crippen MR) is 133 cm³/mol. The van der Waals surface area contributed by atoms with Crippen molar-refractivity contribution < 1.29 is 23.4 Å². The van der Waals surface area contributed by atoms with E-state index in [0.717, 1.165) is 12.2 Å². The fraction of sp³-hybridized carbons (Fsp3) is 0.407. The third-order valence-electron chi connectivity index (χ3n) is 6.97. The number of hydrogen-bond acceptors (Lipinski definition) is 7. The van der Waals surface area contributed by atoms with Crippen LogP contribution in [0, 0.1) is 5.92 Å². The Balaban J connectivity index is 1.20. The molecule has 3 aromatic rings. The lowest BCUT2D eigenvalue weighted by Gasteiger charge is -2.36. The lowest BCUT2D eigenvalue weighted by molar-refractivity contribution is -0.155. The molecule has 1 aliphatic carbocycles. The second kappa shape index (κ2) is 9.91. The largest absolute Gasteiger partial charge is 0.491 e. The minimum atomic E-state index is -0.158. The molecule has 0 N–H and O–H groups in total. The molecule has 1 unspecified atom stereocenters. The summed E-state index contributed by atoms with van der Waals surface area (Å²) >= 11 is 6.29. The van der Waals surface area contributed by atoms with E-state index < -0.39 is 0 Å². The number of fused-ring (bicyclic) bond motifs is 2. The van der Waals surface area contributed by atoms with Crippen LogP contribution >= 0.6 is 11.6 Å². The van der Waals surface area contributed by atoms with Gasteiger partial charge in [0.25, 0.3) is 0 Å². The van der Waals surface area contributed by atoms with Gasteiger partial charge in [-0.15, -0.1) is 0 Å². The van der Waals surface area contributed by atoms with Crippen LogP contribution in [0.4, 0.5) is 5.88 Å². The predicted octanol–water partition coefficient (Wildman–Crippen LogP) is 4.92. The highest BCUT2D eigenvalue weighted by Gasteiger charge is 2.35. The van der Waals surface area contributed by atoms with Gasteiger partial charge in [-0.05, 0) is 61.6 Å². The summed E-state index contributed by atoms with van der Waals surface area (Å²) in [6.07, 6.45) is 2.32. The smallest absolute Gasteiger partial charge is 0.308 e. The molecule has 5 rings (SSSR count). The first-order valence-corrected chi connectivity index (χ1v) is 12.3. The van der Waals surface area contributed by atoms with Gasteiger partial charge in [-0.25, -0.2) is 0 Å². The third-order valence-corrected chi connectivity index (χ3v) is 7.26. The van der Waals surface area contributed by atoms with Crippen molar-refractivity contribution in [3.63, 3.8) is 0 Å². The van der Waals surface area contributed by atoms with E-state index in [1.54, 1.807) is 24.3 Å². The first kappa shape index (κ1) is 23.7. The minimum Gasteiger partial charge on any atom is -0.491 e. The van der Waals surface area contributed by atoms with Gasteiger partial charge in [-0.3, -0.25) is 9.59 Å². The Labute approximate surface area is 208 Å². The van der Waals surface area contributed by atoms with Crippen LogP contribution in [0.5, 0.6) is 5.75 Å². The van der Waals surface area contributed by atoms with Gasteiger partial charge in [-0.1, -0.05) is 23.7 Å². The van der Waals surface area contributed by atoms with Gasteiger partial charge >= 0.3 is 5.97 Å². The molecule has 35 heavy (non-hydrogen) atoms. The highest BCUT2D eigenvalue weighted by molar-refractivity contribution is 6.34. The second-order valence-corrected chi connectivity index (χ2v) is 9.49. The van der Waals surface area contributed by atoms with Crippen molar-refractivity contribution in [3.05, 3.63) is 68.8 Å². The average Bonchev–Trinajstić information content (AvgIpc) is 2.83. The van der Waals surface area contributed by atoms with E-state index in [0.29, 0.717) is 54.5 Å². The molecule has 8 heteroatoms. The summed E-state index contributed by atoms with van der Waals surface area (Å²) in [4.78, 5) is 26.2. The van der Waals surface area contributed by atoms with Crippen molar-refractivity contribution in [2.24, 2.45) is 5.92 Å². The number of methoxy groups -OCH3 is 1. The molecule has 184 valence electrons. The zero-order chi connectivity index (χ0) is 24.5. The maximum atomic E-state index is 12.6. The third kappa shape index (κ3) is 4.75. The van der Waals surface area contributed by atoms with E-state index in [1.807, 2.05) is 6.07 Å². The number of nitrogens with zero attached hydrogens (tertiary/aromatic N) is 1. The Morgan fingerprint density at radius 1 is 1.17 bits per heavy atom. The lowest BCUT2D eigenvalue weighted by atomic mass is 9.82. The minimum absolute atomic E-state index is 0.0283. The summed E-state index contributed by atoms with van der Waals surface area (Å²) < 4.78 is 22.5.